The van der Waals surface area contributed by atoms with Gasteiger partial charge in [-0.2, -0.15) is 6.42 Å². The molecule has 5 aliphatic heterocycles. The molecule has 5 heterocycles. The van der Waals surface area contributed by atoms with Gasteiger partial charge in [0, 0.05) is 6.17 Å². The summed E-state index contributed by atoms with van der Waals surface area (Å²) in [6, 6.07) is 27.3. The maximum Gasteiger partial charge on any atom is 2.00 e. The zero-order valence-electron chi connectivity index (χ0n) is 35.8. The van der Waals surface area contributed by atoms with E-state index >= 15 is 0 Å². The number of rotatable bonds is 0. The van der Waals surface area contributed by atoms with Crippen molar-refractivity contribution in [3.8, 4) is 0 Å². The van der Waals surface area contributed by atoms with E-state index in [1.54, 1.807) is 0 Å². The monoisotopic (exact) mass is 850 g/mol. The molecule has 0 aromatic heterocycles. The van der Waals surface area contributed by atoms with Gasteiger partial charge < -0.3 is 6.42 Å². The first-order chi connectivity index (χ1) is 29.7. The number of fused-ring (bicyclic) bond motifs is 22. The standard InChI is InChI=1S/C32H55N8.C20H11.Ti/c1-2-10-18-17(9-1)25-33-26(18)38-28-21-13-5-6-14-22(21)30(35-28)40-32-24-16-8-7-15-23(24)31(36-32)39-29-20-12-4-3-11-19(20)27(34-29)37-25;1-5-13-6-2-11-17-18-12-4-8-14-7-3-10-16(20(14)18)15(9-1)19(13)17;/h9,17-40H,1-8,10-16H2;1-11H;/q2*-1;+2. The van der Waals surface area contributed by atoms with Crippen LogP contribution in [0.15, 0.2) is 66.7 Å². The van der Waals surface area contributed by atoms with E-state index in [1.165, 1.54) is 139 Å². The molecule has 14 rings (SSSR count). The molecule has 61 heavy (non-hydrogen) atoms. The summed E-state index contributed by atoms with van der Waals surface area (Å²) >= 11 is 0. The van der Waals surface area contributed by atoms with Crippen molar-refractivity contribution in [2.45, 2.75) is 146 Å². The van der Waals surface area contributed by atoms with Gasteiger partial charge in [-0.25, -0.2) is 0 Å². The van der Waals surface area contributed by atoms with Crippen LogP contribution in [0.5, 0.6) is 0 Å². The van der Waals surface area contributed by atoms with Gasteiger partial charge in [0.05, 0.1) is 43.2 Å². The van der Waals surface area contributed by atoms with E-state index in [4.69, 9.17) is 0 Å². The second kappa shape index (κ2) is 16.7. The first kappa shape index (κ1) is 40.3. The van der Waals surface area contributed by atoms with Crippen LogP contribution in [0.1, 0.15) is 96.3 Å². The molecule has 8 bridgehead atoms. The summed E-state index contributed by atoms with van der Waals surface area (Å²) in [6.45, 7) is 0. The van der Waals surface area contributed by atoms with E-state index in [-0.39, 0.29) is 21.7 Å². The van der Waals surface area contributed by atoms with Crippen LogP contribution in [0.4, 0.5) is 0 Å². The Kier molecular flexibility index (Phi) is 11.0. The summed E-state index contributed by atoms with van der Waals surface area (Å²) in [7, 11) is 0. The van der Waals surface area contributed by atoms with Crippen molar-refractivity contribution in [1.82, 2.24) is 42.5 Å². The predicted octanol–water partition coefficient (Wildman–Crippen LogP) is 7.95. The van der Waals surface area contributed by atoms with Crippen LogP contribution in [0.3, 0.4) is 0 Å². The van der Waals surface area contributed by atoms with Gasteiger partial charge in [-0.3, -0.25) is 42.5 Å². The van der Waals surface area contributed by atoms with Crippen molar-refractivity contribution in [1.29, 1.82) is 0 Å². The van der Waals surface area contributed by atoms with E-state index in [2.05, 4.69) is 116 Å². The number of benzene rings is 5. The summed E-state index contributed by atoms with van der Waals surface area (Å²) < 4.78 is 0. The third kappa shape index (κ3) is 6.87. The summed E-state index contributed by atoms with van der Waals surface area (Å²) in [5.74, 6) is 5.74. The quantitative estimate of drug-likeness (QED) is 0.0345. The summed E-state index contributed by atoms with van der Waals surface area (Å²) in [5.41, 5.74) is 0. The minimum absolute atomic E-state index is 0. The van der Waals surface area contributed by atoms with Crippen molar-refractivity contribution >= 4 is 43.1 Å². The van der Waals surface area contributed by atoms with Crippen LogP contribution < -0.4 is 42.5 Å². The fourth-order valence-corrected chi connectivity index (χ4v) is 15.2. The van der Waals surface area contributed by atoms with Crippen molar-refractivity contribution in [2.24, 2.45) is 47.3 Å². The number of hydrogen-bond acceptors (Lipinski definition) is 8. The Morgan fingerprint density at radius 1 is 0.393 bits per heavy atom. The smallest absolute Gasteiger partial charge is 0.322 e. The molecule has 16 unspecified atom stereocenters. The molecule has 0 spiro atoms. The Balaban J connectivity index is 0.000000159. The Hall–Kier alpha value is -2.21. The molecule has 5 saturated heterocycles. The molecule has 0 radical (unpaired) electrons. The largest absolute Gasteiger partial charge is 2.00 e. The van der Waals surface area contributed by atoms with Gasteiger partial charge in [0.2, 0.25) is 0 Å². The van der Waals surface area contributed by atoms with Gasteiger partial charge in [-0.15, -0.1) is 34.9 Å². The molecular formula is C52H66N8Ti. The summed E-state index contributed by atoms with van der Waals surface area (Å²) in [5, 5.41) is 44.2. The van der Waals surface area contributed by atoms with Crippen LogP contribution in [0.2, 0.25) is 0 Å². The molecule has 4 aliphatic carbocycles. The van der Waals surface area contributed by atoms with Gasteiger partial charge in [0.25, 0.3) is 0 Å². The van der Waals surface area contributed by atoms with Gasteiger partial charge in [0.15, 0.2) is 0 Å². The van der Waals surface area contributed by atoms with Crippen molar-refractivity contribution in [3.63, 3.8) is 0 Å². The van der Waals surface area contributed by atoms with E-state index in [9.17, 15) is 0 Å². The Bertz CT molecular complexity index is 1960. The summed E-state index contributed by atoms with van der Waals surface area (Å²) in [6.07, 6.45) is 26.4. The van der Waals surface area contributed by atoms with Gasteiger partial charge in [-0.05, 0) is 96.1 Å². The molecule has 9 fully saturated rings. The Labute approximate surface area is 377 Å². The fourth-order valence-electron chi connectivity index (χ4n) is 15.2. The minimum atomic E-state index is 0. The number of hydrogen-bond donors (Lipinski definition) is 8. The minimum Gasteiger partial charge on any atom is -0.322 e. The van der Waals surface area contributed by atoms with Crippen LogP contribution in [0, 0.1) is 59.8 Å². The van der Waals surface area contributed by atoms with Crippen LogP contribution >= 0.6 is 0 Å². The molecule has 318 valence electrons. The molecular weight excluding hydrogens is 784 g/mol. The molecule has 8 N–H and O–H groups in total. The van der Waals surface area contributed by atoms with Crippen molar-refractivity contribution in [2.75, 3.05) is 0 Å². The maximum atomic E-state index is 4.25. The molecule has 9 aliphatic rings. The first-order valence-electron chi connectivity index (χ1n) is 24.6. The topological polar surface area (TPSA) is 96.2 Å². The van der Waals surface area contributed by atoms with E-state index in [1.807, 2.05) is 6.07 Å². The number of nitrogens with one attached hydrogen (secondary N) is 8. The molecule has 4 saturated carbocycles. The van der Waals surface area contributed by atoms with E-state index < -0.39 is 0 Å². The first-order valence-corrected chi connectivity index (χ1v) is 24.6. The maximum absolute atomic E-state index is 4.25. The molecule has 5 aromatic rings. The second-order valence-corrected chi connectivity index (χ2v) is 20.7. The SMILES string of the molecule is [CH-]1CCCC2C3NC(NC4NC(NC5NC(NC6NC(N3)C3CCCCC63)C3CCCCC53)C3CCCCC43)C12.[Ti+2].[c-]1ccc2cccc3c4cccc5cccc(c1c23)c54. The van der Waals surface area contributed by atoms with Crippen LogP contribution in [0.25, 0.3) is 43.1 Å². The third-order valence-corrected chi connectivity index (χ3v) is 17.9. The van der Waals surface area contributed by atoms with Crippen molar-refractivity contribution < 1.29 is 21.7 Å². The van der Waals surface area contributed by atoms with E-state index in [0.717, 1.165) is 35.5 Å². The molecule has 0 amide bonds. The van der Waals surface area contributed by atoms with Gasteiger partial charge in [0.1, 0.15) is 0 Å². The molecule has 5 aromatic carbocycles. The molecule has 8 nitrogen and oxygen atoms in total. The average Bonchev–Trinajstić information content (AvgIpc) is 4.04. The van der Waals surface area contributed by atoms with Gasteiger partial charge in [-0.1, -0.05) is 122 Å². The second-order valence-electron chi connectivity index (χ2n) is 20.7. The Morgan fingerprint density at radius 3 is 1.25 bits per heavy atom. The normalized spacial score (nSPS) is 41.7. The average molecular weight is 851 g/mol. The van der Waals surface area contributed by atoms with Crippen LogP contribution in [-0.2, 0) is 21.7 Å². The third-order valence-electron chi connectivity index (χ3n) is 17.9. The fraction of sp³-hybridized carbons (Fsp3) is 0.596. The molecule has 16 atom stereocenters. The summed E-state index contributed by atoms with van der Waals surface area (Å²) in [4.78, 5) is 0. The predicted molar refractivity (Wildman–Crippen MR) is 243 cm³/mol. The van der Waals surface area contributed by atoms with Crippen LogP contribution in [-0.4, -0.2) is 49.3 Å². The van der Waals surface area contributed by atoms with E-state index in [0.29, 0.717) is 61.2 Å². The Morgan fingerprint density at radius 2 is 0.770 bits per heavy atom. The van der Waals surface area contributed by atoms with Gasteiger partial charge >= 0.3 is 21.7 Å². The zero-order chi connectivity index (χ0) is 39.3. The zero-order valence-corrected chi connectivity index (χ0v) is 37.3. The van der Waals surface area contributed by atoms with Crippen molar-refractivity contribution in [3.05, 3.63) is 79.2 Å². The molecule has 9 heteroatoms.